The number of carboxylic acids is 1. The summed E-state index contributed by atoms with van der Waals surface area (Å²) in [6.45, 7) is 5.23. The van der Waals surface area contributed by atoms with Crippen LogP contribution in [-0.2, 0) is 42.9 Å². The first-order valence-corrected chi connectivity index (χ1v) is 5.08. The summed E-state index contributed by atoms with van der Waals surface area (Å²) in [5, 5.41) is 13.1. The van der Waals surface area contributed by atoms with Crippen LogP contribution < -0.4 is 5.11 Å². The second-order valence-corrected chi connectivity index (χ2v) is 4.18. The molecule has 85 valence electrons. The van der Waals surface area contributed by atoms with E-state index < -0.39 is 11.4 Å². The third-order valence-electron chi connectivity index (χ3n) is 2.84. The Kier molecular flexibility index (Phi) is 4.45. The SMILES string of the molecule is [CH2-]C(C)(C(=O)[O-])c1ccc2ccccc2c1.[Y]. The molecule has 3 heteroatoms. The monoisotopic (exact) mass is 301 g/mol. The Morgan fingerprint density at radius 3 is 2.35 bits per heavy atom. The molecule has 2 rings (SSSR count). The molecule has 2 nitrogen and oxygen atoms in total. The first-order chi connectivity index (χ1) is 7.51. The van der Waals surface area contributed by atoms with Crippen LogP contribution in [-0.4, -0.2) is 5.97 Å². The number of fused-ring (bicyclic) bond motifs is 1. The van der Waals surface area contributed by atoms with Crippen LogP contribution >= 0.6 is 0 Å². The van der Waals surface area contributed by atoms with E-state index in [2.05, 4.69) is 6.92 Å². The zero-order valence-electron chi connectivity index (χ0n) is 9.64. The van der Waals surface area contributed by atoms with Crippen LogP contribution in [0.4, 0.5) is 0 Å². The van der Waals surface area contributed by atoms with Crippen LogP contribution in [0.1, 0.15) is 12.5 Å². The summed E-state index contributed by atoms with van der Waals surface area (Å²) in [6, 6.07) is 13.3. The molecular weight excluding hydrogens is 289 g/mol. The summed E-state index contributed by atoms with van der Waals surface area (Å²) in [5.74, 6) is -1.16. The summed E-state index contributed by atoms with van der Waals surface area (Å²) in [7, 11) is 0. The molecule has 1 atom stereocenters. The van der Waals surface area contributed by atoms with Gasteiger partial charge in [0.1, 0.15) is 0 Å². The predicted molar refractivity (Wildman–Crippen MR) is 61.7 cm³/mol. The average Bonchev–Trinajstić information content (AvgIpc) is 2.28. The Morgan fingerprint density at radius 1 is 1.18 bits per heavy atom. The average molecular weight is 301 g/mol. The van der Waals surface area contributed by atoms with Gasteiger partial charge in [-0.3, -0.25) is 0 Å². The first-order valence-electron chi connectivity index (χ1n) is 5.08. The van der Waals surface area contributed by atoms with Gasteiger partial charge in [-0.25, -0.2) is 0 Å². The molecule has 0 saturated carbocycles. The Labute approximate surface area is 126 Å². The van der Waals surface area contributed by atoms with Crippen LogP contribution in [0.2, 0.25) is 0 Å². The molecule has 0 amide bonds. The van der Waals surface area contributed by atoms with E-state index in [4.69, 9.17) is 0 Å². The van der Waals surface area contributed by atoms with Crippen molar-refractivity contribution in [2.75, 3.05) is 0 Å². The number of carbonyl (C=O) groups excluding carboxylic acids is 1. The Morgan fingerprint density at radius 2 is 1.76 bits per heavy atom. The number of rotatable bonds is 2. The topological polar surface area (TPSA) is 40.1 Å². The third-order valence-corrected chi connectivity index (χ3v) is 2.84. The van der Waals surface area contributed by atoms with E-state index in [1.807, 2.05) is 36.4 Å². The van der Waals surface area contributed by atoms with Gasteiger partial charge in [0.05, 0.1) is 0 Å². The van der Waals surface area contributed by atoms with Gasteiger partial charge in [-0.15, -0.1) is 0 Å². The second kappa shape index (κ2) is 5.28. The molecule has 0 bridgehead atoms. The van der Waals surface area contributed by atoms with Crippen molar-refractivity contribution in [1.29, 1.82) is 0 Å². The van der Waals surface area contributed by atoms with Crippen molar-refractivity contribution in [3.8, 4) is 0 Å². The largest absolute Gasteiger partial charge is 0.552 e. The van der Waals surface area contributed by atoms with E-state index in [1.54, 1.807) is 13.0 Å². The van der Waals surface area contributed by atoms with Crippen molar-refractivity contribution >= 4 is 16.7 Å². The maximum atomic E-state index is 11.0. The van der Waals surface area contributed by atoms with Gasteiger partial charge >= 0.3 is 0 Å². The standard InChI is InChI=1S/C14H13O2.Y/c1-14(2,13(15)16)12-8-7-10-5-3-4-6-11(10)9-12;/h3-9H,1H2,2H3,(H,15,16);/q-1;/p-1. The number of carboxylic acid groups (broad SMARTS) is 1. The predicted octanol–water partition coefficient (Wildman–Crippen LogP) is 1.68. The quantitative estimate of drug-likeness (QED) is 0.792. The van der Waals surface area contributed by atoms with Crippen LogP contribution in [0.15, 0.2) is 42.5 Å². The van der Waals surface area contributed by atoms with Crippen LogP contribution in [0.25, 0.3) is 10.8 Å². The van der Waals surface area contributed by atoms with Gasteiger partial charge in [-0.05, 0) is 10.8 Å². The molecule has 0 fully saturated rings. The molecule has 0 N–H and O–H groups in total. The molecule has 17 heavy (non-hydrogen) atoms. The summed E-state index contributed by atoms with van der Waals surface area (Å²) in [6.07, 6.45) is 0. The molecule has 1 radical (unpaired) electrons. The maximum Gasteiger partial charge on any atom is 0.0215 e. The zero-order chi connectivity index (χ0) is 11.8. The number of aliphatic carboxylic acids is 1. The summed E-state index contributed by atoms with van der Waals surface area (Å²) in [4.78, 5) is 11.0. The van der Waals surface area contributed by atoms with Crippen molar-refractivity contribution in [2.24, 2.45) is 0 Å². The van der Waals surface area contributed by atoms with Crippen LogP contribution in [0, 0.1) is 6.92 Å². The number of hydrogen-bond acceptors (Lipinski definition) is 2. The zero-order valence-corrected chi connectivity index (χ0v) is 12.5. The Balaban J connectivity index is 0.00000144. The van der Waals surface area contributed by atoms with Gasteiger partial charge < -0.3 is 16.8 Å². The first kappa shape index (κ1) is 14.3. The molecule has 0 saturated heterocycles. The third kappa shape index (κ3) is 2.75. The van der Waals surface area contributed by atoms with E-state index in [9.17, 15) is 9.90 Å². The molecule has 0 aliphatic heterocycles. The number of benzene rings is 2. The fraction of sp³-hybridized carbons (Fsp3) is 0.143. The van der Waals surface area contributed by atoms with Crippen molar-refractivity contribution in [1.82, 2.24) is 0 Å². The van der Waals surface area contributed by atoms with E-state index >= 15 is 0 Å². The maximum absolute atomic E-state index is 11.0. The summed E-state index contributed by atoms with van der Waals surface area (Å²) >= 11 is 0. The molecule has 2 aromatic carbocycles. The molecule has 0 spiro atoms. The van der Waals surface area contributed by atoms with Crippen molar-refractivity contribution in [3.05, 3.63) is 55.0 Å². The van der Waals surface area contributed by atoms with Crippen LogP contribution in [0.5, 0.6) is 0 Å². The molecule has 1 unspecified atom stereocenters. The van der Waals surface area contributed by atoms with Gasteiger partial charge in [0.15, 0.2) is 0 Å². The Bertz CT molecular complexity index is 547. The van der Waals surface area contributed by atoms with Crippen LogP contribution in [0.3, 0.4) is 0 Å². The van der Waals surface area contributed by atoms with Gasteiger partial charge in [0.25, 0.3) is 0 Å². The molecular formula is C14H12O2Y-2. The fourth-order valence-electron chi connectivity index (χ4n) is 1.65. The van der Waals surface area contributed by atoms with Gasteiger partial charge in [0, 0.05) is 38.7 Å². The molecule has 0 aliphatic rings. The van der Waals surface area contributed by atoms with Gasteiger partial charge in [-0.1, -0.05) is 60.4 Å². The van der Waals surface area contributed by atoms with Crippen molar-refractivity contribution < 1.29 is 42.6 Å². The normalized spacial score (nSPS) is 13.8. The molecule has 0 aliphatic carbocycles. The summed E-state index contributed by atoms with van der Waals surface area (Å²) < 4.78 is 0. The van der Waals surface area contributed by atoms with Crippen molar-refractivity contribution in [3.63, 3.8) is 0 Å². The van der Waals surface area contributed by atoms with E-state index in [-0.39, 0.29) is 32.7 Å². The molecule has 0 aromatic heterocycles. The summed E-state index contributed by atoms with van der Waals surface area (Å²) in [5.41, 5.74) is -0.546. The number of carbonyl (C=O) groups is 1. The molecule has 2 aromatic rings. The molecule has 0 heterocycles. The minimum Gasteiger partial charge on any atom is -0.552 e. The van der Waals surface area contributed by atoms with E-state index in [1.165, 1.54) is 0 Å². The smallest absolute Gasteiger partial charge is 0.0215 e. The number of hydrogen-bond donors (Lipinski definition) is 0. The van der Waals surface area contributed by atoms with Crippen molar-refractivity contribution in [2.45, 2.75) is 12.3 Å². The Hall–Kier alpha value is -0.726. The second-order valence-electron chi connectivity index (χ2n) is 4.18. The van der Waals surface area contributed by atoms with Gasteiger partial charge in [0.2, 0.25) is 0 Å². The van der Waals surface area contributed by atoms with Gasteiger partial charge in [-0.2, -0.15) is 0 Å². The minimum atomic E-state index is -1.20. The fourth-order valence-corrected chi connectivity index (χ4v) is 1.65. The van der Waals surface area contributed by atoms with E-state index in [0.717, 1.165) is 10.8 Å². The van der Waals surface area contributed by atoms with E-state index in [0.29, 0.717) is 5.56 Å². The minimum absolute atomic E-state index is 0.